The zero-order valence-electron chi connectivity index (χ0n) is 10.5. The van der Waals surface area contributed by atoms with Gasteiger partial charge in [0.2, 0.25) is 5.91 Å². The molecule has 0 spiro atoms. The van der Waals surface area contributed by atoms with Gasteiger partial charge in [-0.3, -0.25) is 4.79 Å². The van der Waals surface area contributed by atoms with Gasteiger partial charge in [-0.1, -0.05) is 13.8 Å². The Balaban J connectivity index is 1.91. The lowest BCUT2D eigenvalue weighted by atomic mass is 9.92. The summed E-state index contributed by atoms with van der Waals surface area (Å²) < 4.78 is 0. The lowest BCUT2D eigenvalue weighted by Crippen LogP contribution is -2.55. The summed E-state index contributed by atoms with van der Waals surface area (Å²) in [5.41, 5.74) is -0.258. The molecule has 2 N–H and O–H groups in total. The smallest absolute Gasteiger partial charge is 0.240 e. The van der Waals surface area contributed by atoms with E-state index >= 15 is 0 Å². The van der Waals surface area contributed by atoms with E-state index in [9.17, 15) is 4.79 Å². The Kier molecular flexibility index (Phi) is 3.53. The molecule has 2 rings (SSSR count). The summed E-state index contributed by atoms with van der Waals surface area (Å²) in [7, 11) is 0. The zero-order valence-corrected chi connectivity index (χ0v) is 10.5. The quantitative estimate of drug-likeness (QED) is 0.768. The van der Waals surface area contributed by atoms with E-state index < -0.39 is 0 Å². The largest absolute Gasteiger partial charge is 0.352 e. The summed E-state index contributed by atoms with van der Waals surface area (Å²) in [4.78, 5) is 12.3. The van der Waals surface area contributed by atoms with Crippen LogP contribution in [0.3, 0.4) is 0 Å². The van der Waals surface area contributed by atoms with E-state index in [2.05, 4.69) is 24.5 Å². The Bertz CT molecular complexity index is 259. The second-order valence-corrected chi connectivity index (χ2v) is 5.55. The maximum atomic E-state index is 12.3. The van der Waals surface area contributed by atoms with E-state index in [1.807, 2.05) is 0 Å². The molecule has 1 saturated heterocycles. The summed E-state index contributed by atoms with van der Waals surface area (Å²) in [6, 6.07) is 0.424. The van der Waals surface area contributed by atoms with Crippen LogP contribution in [-0.2, 0) is 4.79 Å². The van der Waals surface area contributed by atoms with Gasteiger partial charge in [-0.15, -0.1) is 0 Å². The maximum Gasteiger partial charge on any atom is 0.240 e. The second kappa shape index (κ2) is 4.74. The molecule has 1 saturated carbocycles. The molecule has 0 bridgehead atoms. The fraction of sp³-hybridized carbons (Fsp3) is 0.923. The molecule has 3 nitrogen and oxygen atoms in total. The monoisotopic (exact) mass is 224 g/mol. The van der Waals surface area contributed by atoms with Gasteiger partial charge in [-0.05, 0) is 51.0 Å². The molecule has 3 unspecified atom stereocenters. The third-order valence-corrected chi connectivity index (χ3v) is 4.31. The van der Waals surface area contributed by atoms with Crippen LogP contribution in [0, 0.1) is 5.92 Å². The number of hydrogen-bond donors (Lipinski definition) is 2. The second-order valence-electron chi connectivity index (χ2n) is 5.55. The van der Waals surface area contributed by atoms with Crippen LogP contribution in [-0.4, -0.2) is 24.0 Å². The number of amides is 1. The molecule has 1 aliphatic heterocycles. The van der Waals surface area contributed by atoms with Crippen LogP contribution in [0.4, 0.5) is 0 Å². The van der Waals surface area contributed by atoms with Crippen LogP contribution >= 0.6 is 0 Å². The average Bonchev–Trinajstić information content (AvgIpc) is 2.88. The molecular formula is C13H24N2O. The molecular weight excluding hydrogens is 200 g/mol. The van der Waals surface area contributed by atoms with Gasteiger partial charge in [-0.2, -0.15) is 0 Å². The van der Waals surface area contributed by atoms with Gasteiger partial charge in [0.15, 0.2) is 0 Å². The Morgan fingerprint density at radius 1 is 1.50 bits per heavy atom. The molecule has 0 radical (unpaired) electrons. The summed E-state index contributed by atoms with van der Waals surface area (Å²) in [6.45, 7) is 5.37. The first-order valence-corrected chi connectivity index (χ1v) is 6.72. The first-order chi connectivity index (χ1) is 7.66. The SMILES string of the molecule is CCC1(C(=O)NC2CCC(C)C2)CCCN1. The lowest BCUT2D eigenvalue weighted by molar-refractivity contribution is -0.128. The number of carbonyl (C=O) groups excluding carboxylic acids is 1. The topological polar surface area (TPSA) is 41.1 Å². The van der Waals surface area contributed by atoms with Crippen molar-refractivity contribution in [3.05, 3.63) is 0 Å². The van der Waals surface area contributed by atoms with Gasteiger partial charge in [0, 0.05) is 6.04 Å². The highest BCUT2D eigenvalue weighted by molar-refractivity contribution is 5.86. The summed E-state index contributed by atoms with van der Waals surface area (Å²) >= 11 is 0. The number of rotatable bonds is 3. The van der Waals surface area contributed by atoms with Crippen LogP contribution in [0.2, 0.25) is 0 Å². The predicted molar refractivity (Wildman–Crippen MR) is 65.2 cm³/mol. The van der Waals surface area contributed by atoms with Crippen molar-refractivity contribution >= 4 is 5.91 Å². The number of carbonyl (C=O) groups is 1. The minimum absolute atomic E-state index is 0.242. The van der Waals surface area contributed by atoms with Crippen molar-refractivity contribution in [1.29, 1.82) is 0 Å². The Hall–Kier alpha value is -0.570. The van der Waals surface area contributed by atoms with Gasteiger partial charge < -0.3 is 10.6 Å². The Labute approximate surface area is 98.4 Å². The van der Waals surface area contributed by atoms with E-state index in [1.54, 1.807) is 0 Å². The zero-order chi connectivity index (χ0) is 11.6. The van der Waals surface area contributed by atoms with Gasteiger partial charge in [-0.25, -0.2) is 0 Å². The van der Waals surface area contributed by atoms with Crippen molar-refractivity contribution in [2.24, 2.45) is 5.92 Å². The van der Waals surface area contributed by atoms with Crippen LogP contribution < -0.4 is 10.6 Å². The number of nitrogens with one attached hydrogen (secondary N) is 2. The van der Waals surface area contributed by atoms with Crippen molar-refractivity contribution in [2.45, 2.75) is 64.0 Å². The van der Waals surface area contributed by atoms with Crippen LogP contribution in [0.25, 0.3) is 0 Å². The van der Waals surface area contributed by atoms with E-state index in [-0.39, 0.29) is 11.4 Å². The molecule has 2 aliphatic rings. The van der Waals surface area contributed by atoms with E-state index in [0.29, 0.717) is 6.04 Å². The predicted octanol–water partition coefficient (Wildman–Crippen LogP) is 1.82. The number of hydrogen-bond acceptors (Lipinski definition) is 2. The van der Waals surface area contributed by atoms with Gasteiger partial charge in [0.05, 0.1) is 5.54 Å². The highest BCUT2D eigenvalue weighted by Crippen LogP contribution is 2.27. The normalized spacial score (nSPS) is 38.9. The molecule has 92 valence electrons. The summed E-state index contributed by atoms with van der Waals surface area (Å²) in [5, 5.41) is 6.63. The van der Waals surface area contributed by atoms with Gasteiger partial charge >= 0.3 is 0 Å². The molecule has 16 heavy (non-hydrogen) atoms. The van der Waals surface area contributed by atoms with Gasteiger partial charge in [0.1, 0.15) is 0 Å². The highest BCUT2D eigenvalue weighted by Gasteiger charge is 2.40. The maximum absolute atomic E-state index is 12.3. The van der Waals surface area contributed by atoms with E-state index in [1.165, 1.54) is 6.42 Å². The molecule has 0 aromatic carbocycles. The molecule has 1 amide bonds. The minimum atomic E-state index is -0.258. The summed E-state index contributed by atoms with van der Waals surface area (Å²) in [5.74, 6) is 1.02. The van der Waals surface area contributed by atoms with Crippen LogP contribution in [0.15, 0.2) is 0 Å². The van der Waals surface area contributed by atoms with Crippen molar-refractivity contribution in [2.75, 3.05) is 6.54 Å². The van der Waals surface area contributed by atoms with Gasteiger partial charge in [0.25, 0.3) is 0 Å². The minimum Gasteiger partial charge on any atom is -0.352 e. The highest BCUT2D eigenvalue weighted by atomic mass is 16.2. The van der Waals surface area contributed by atoms with E-state index in [0.717, 1.165) is 44.6 Å². The lowest BCUT2D eigenvalue weighted by Gasteiger charge is -2.28. The fourth-order valence-electron chi connectivity index (χ4n) is 3.12. The first kappa shape index (κ1) is 11.9. The molecule has 0 aromatic heterocycles. The molecule has 0 aromatic rings. The summed E-state index contributed by atoms with van der Waals surface area (Å²) in [6.07, 6.45) is 6.61. The van der Waals surface area contributed by atoms with Crippen molar-refractivity contribution in [1.82, 2.24) is 10.6 Å². The fourth-order valence-corrected chi connectivity index (χ4v) is 3.12. The van der Waals surface area contributed by atoms with Crippen molar-refractivity contribution in [3.63, 3.8) is 0 Å². The van der Waals surface area contributed by atoms with Crippen molar-refractivity contribution < 1.29 is 4.79 Å². The molecule has 3 heteroatoms. The standard InChI is InChI=1S/C13H24N2O/c1-3-13(7-4-8-14-13)12(16)15-11-6-5-10(2)9-11/h10-11,14H,3-9H2,1-2H3,(H,15,16). The molecule has 1 aliphatic carbocycles. The third-order valence-electron chi connectivity index (χ3n) is 4.31. The average molecular weight is 224 g/mol. The van der Waals surface area contributed by atoms with E-state index in [4.69, 9.17) is 0 Å². The molecule has 3 atom stereocenters. The van der Waals surface area contributed by atoms with Crippen LogP contribution in [0.5, 0.6) is 0 Å². The Morgan fingerprint density at radius 3 is 2.81 bits per heavy atom. The Morgan fingerprint density at radius 2 is 2.31 bits per heavy atom. The first-order valence-electron chi connectivity index (χ1n) is 6.72. The van der Waals surface area contributed by atoms with Crippen molar-refractivity contribution in [3.8, 4) is 0 Å². The van der Waals surface area contributed by atoms with Crippen LogP contribution in [0.1, 0.15) is 52.4 Å². The molecule has 2 fully saturated rings. The molecule has 1 heterocycles. The third kappa shape index (κ3) is 2.24.